The van der Waals surface area contributed by atoms with E-state index in [4.69, 9.17) is 0 Å². The van der Waals surface area contributed by atoms with Crippen molar-refractivity contribution in [2.75, 3.05) is 6.54 Å². The van der Waals surface area contributed by atoms with E-state index in [0.717, 1.165) is 12.1 Å². The van der Waals surface area contributed by atoms with Gasteiger partial charge in [-0.05, 0) is 47.7 Å². The lowest BCUT2D eigenvalue weighted by atomic mass is 9.76. The third-order valence-corrected chi connectivity index (χ3v) is 4.76. The van der Waals surface area contributed by atoms with Crippen molar-refractivity contribution in [3.05, 3.63) is 10.3 Å². The molecule has 0 aromatic carbocycles. The summed E-state index contributed by atoms with van der Waals surface area (Å²) in [6, 6.07) is -0.158. The van der Waals surface area contributed by atoms with Gasteiger partial charge in [-0.25, -0.2) is 4.68 Å². The van der Waals surface area contributed by atoms with E-state index in [2.05, 4.69) is 31.6 Å². The summed E-state index contributed by atoms with van der Waals surface area (Å²) >= 11 is 3.35. The molecule has 2 rings (SSSR count). The molecule has 4 nitrogen and oxygen atoms in total. The van der Waals surface area contributed by atoms with E-state index in [0.29, 0.717) is 17.6 Å². The van der Waals surface area contributed by atoms with Gasteiger partial charge in [0.2, 0.25) is 0 Å². The Morgan fingerprint density at radius 1 is 1.43 bits per heavy atom. The Hall–Kier alpha value is -0.630. The second-order valence-electron chi connectivity index (χ2n) is 5.59. The van der Waals surface area contributed by atoms with Crippen molar-refractivity contribution in [2.45, 2.75) is 44.8 Å². The number of hydrogen-bond acceptors (Lipinski definition) is 3. The van der Waals surface area contributed by atoms with Crippen molar-refractivity contribution in [1.29, 1.82) is 0 Å². The SMILES string of the molecule is CCNC(c1c(Br)nnn1C)C1CCCC(C(F)(F)F)C1. The summed E-state index contributed by atoms with van der Waals surface area (Å²) < 4.78 is 41.3. The third-order valence-electron chi connectivity index (χ3n) is 4.19. The molecular formula is C13H20BrF3N4. The molecule has 1 aromatic rings. The Labute approximate surface area is 130 Å². The van der Waals surface area contributed by atoms with Crippen LogP contribution in [-0.4, -0.2) is 27.7 Å². The molecule has 0 spiro atoms. The fraction of sp³-hybridized carbons (Fsp3) is 0.846. The van der Waals surface area contributed by atoms with E-state index >= 15 is 0 Å². The molecule has 1 N–H and O–H groups in total. The minimum absolute atomic E-state index is 0.0566. The summed E-state index contributed by atoms with van der Waals surface area (Å²) in [5.41, 5.74) is 0.824. The van der Waals surface area contributed by atoms with Gasteiger partial charge in [0.25, 0.3) is 0 Å². The van der Waals surface area contributed by atoms with E-state index in [9.17, 15) is 13.2 Å². The number of hydrogen-bond donors (Lipinski definition) is 1. The number of nitrogens with zero attached hydrogens (tertiary/aromatic N) is 3. The molecule has 1 heterocycles. The predicted octanol–water partition coefficient (Wildman–Crippen LogP) is 3.60. The van der Waals surface area contributed by atoms with Crippen LogP contribution in [0.1, 0.15) is 44.3 Å². The zero-order chi connectivity index (χ0) is 15.6. The van der Waals surface area contributed by atoms with Crippen molar-refractivity contribution in [2.24, 2.45) is 18.9 Å². The lowest BCUT2D eigenvalue weighted by Crippen LogP contribution is -2.36. The van der Waals surface area contributed by atoms with E-state index in [1.54, 1.807) is 11.7 Å². The Morgan fingerprint density at radius 2 is 2.14 bits per heavy atom. The topological polar surface area (TPSA) is 42.7 Å². The van der Waals surface area contributed by atoms with E-state index in [1.165, 1.54) is 0 Å². The standard InChI is InChI=1S/C13H20BrF3N4/c1-3-18-10(11-12(14)19-20-21(11)2)8-5-4-6-9(7-8)13(15,16)17/h8-10,18H,3-7H2,1-2H3. The molecule has 0 radical (unpaired) electrons. The van der Waals surface area contributed by atoms with Gasteiger partial charge in [-0.1, -0.05) is 18.6 Å². The van der Waals surface area contributed by atoms with Crippen molar-refractivity contribution in [3.63, 3.8) is 0 Å². The Kier molecular flexibility index (Phi) is 5.29. The molecule has 3 atom stereocenters. The second kappa shape index (κ2) is 6.64. The average Bonchev–Trinajstić information content (AvgIpc) is 2.75. The van der Waals surface area contributed by atoms with Crippen LogP contribution in [-0.2, 0) is 7.05 Å². The van der Waals surface area contributed by atoms with Gasteiger partial charge < -0.3 is 5.32 Å². The first-order chi connectivity index (χ1) is 9.84. The smallest absolute Gasteiger partial charge is 0.309 e. The number of aromatic nitrogens is 3. The zero-order valence-electron chi connectivity index (χ0n) is 12.1. The van der Waals surface area contributed by atoms with Crippen LogP contribution in [0.3, 0.4) is 0 Å². The number of alkyl halides is 3. The highest BCUT2D eigenvalue weighted by Gasteiger charge is 2.44. The van der Waals surface area contributed by atoms with Gasteiger partial charge in [0.15, 0.2) is 4.60 Å². The second-order valence-corrected chi connectivity index (χ2v) is 6.34. The number of nitrogens with one attached hydrogen (secondary N) is 1. The highest BCUT2D eigenvalue weighted by molar-refractivity contribution is 9.10. The number of halogens is 4. The summed E-state index contributed by atoms with van der Waals surface area (Å²) in [7, 11) is 1.77. The summed E-state index contributed by atoms with van der Waals surface area (Å²) in [5, 5.41) is 11.2. The van der Waals surface area contributed by atoms with Gasteiger partial charge in [-0.15, -0.1) is 5.10 Å². The maximum atomic E-state index is 13.0. The molecule has 1 aliphatic rings. The Morgan fingerprint density at radius 3 is 2.67 bits per heavy atom. The fourth-order valence-electron chi connectivity index (χ4n) is 3.20. The van der Waals surface area contributed by atoms with Crippen LogP contribution in [0.2, 0.25) is 0 Å². The molecule has 0 bridgehead atoms. The van der Waals surface area contributed by atoms with Gasteiger partial charge in [-0.3, -0.25) is 0 Å². The van der Waals surface area contributed by atoms with Crippen LogP contribution in [0.15, 0.2) is 4.60 Å². The number of rotatable bonds is 4. The highest BCUT2D eigenvalue weighted by atomic mass is 79.9. The quantitative estimate of drug-likeness (QED) is 0.882. The molecule has 0 aliphatic heterocycles. The summed E-state index contributed by atoms with van der Waals surface area (Å²) in [6.07, 6.45) is -2.29. The molecule has 1 saturated carbocycles. The molecule has 120 valence electrons. The van der Waals surface area contributed by atoms with Crippen LogP contribution in [0.4, 0.5) is 13.2 Å². The van der Waals surface area contributed by atoms with E-state index in [-0.39, 0.29) is 24.8 Å². The molecule has 1 aromatic heterocycles. The minimum atomic E-state index is -4.10. The maximum Gasteiger partial charge on any atom is 0.391 e. The van der Waals surface area contributed by atoms with Crippen LogP contribution >= 0.6 is 15.9 Å². The van der Waals surface area contributed by atoms with Gasteiger partial charge in [-0.2, -0.15) is 13.2 Å². The largest absolute Gasteiger partial charge is 0.391 e. The van der Waals surface area contributed by atoms with Crippen molar-refractivity contribution >= 4 is 15.9 Å². The lowest BCUT2D eigenvalue weighted by molar-refractivity contribution is -0.186. The summed E-state index contributed by atoms with van der Waals surface area (Å²) in [6.45, 7) is 2.64. The van der Waals surface area contributed by atoms with Gasteiger partial charge in [0.1, 0.15) is 0 Å². The van der Waals surface area contributed by atoms with Crippen molar-refractivity contribution in [3.8, 4) is 0 Å². The predicted molar refractivity (Wildman–Crippen MR) is 76.6 cm³/mol. The van der Waals surface area contributed by atoms with Crippen molar-refractivity contribution in [1.82, 2.24) is 20.3 Å². The van der Waals surface area contributed by atoms with Crippen LogP contribution < -0.4 is 5.32 Å². The first-order valence-electron chi connectivity index (χ1n) is 7.19. The maximum absolute atomic E-state index is 13.0. The van der Waals surface area contributed by atoms with Gasteiger partial charge in [0, 0.05) is 7.05 Å². The number of aryl methyl sites for hydroxylation is 1. The molecule has 3 unspecified atom stereocenters. The third kappa shape index (κ3) is 3.77. The van der Waals surface area contributed by atoms with Crippen LogP contribution in [0.25, 0.3) is 0 Å². The molecule has 21 heavy (non-hydrogen) atoms. The monoisotopic (exact) mass is 368 g/mol. The highest BCUT2D eigenvalue weighted by Crippen LogP contribution is 2.44. The van der Waals surface area contributed by atoms with Gasteiger partial charge in [0.05, 0.1) is 17.7 Å². The summed E-state index contributed by atoms with van der Waals surface area (Å²) in [5.74, 6) is -1.25. The molecular weight excluding hydrogens is 349 g/mol. The molecule has 1 fully saturated rings. The zero-order valence-corrected chi connectivity index (χ0v) is 13.7. The molecule has 0 amide bonds. The van der Waals surface area contributed by atoms with E-state index < -0.39 is 12.1 Å². The Balaban J connectivity index is 2.22. The van der Waals surface area contributed by atoms with Crippen molar-refractivity contribution < 1.29 is 13.2 Å². The molecule has 1 aliphatic carbocycles. The van der Waals surface area contributed by atoms with E-state index in [1.807, 2.05) is 6.92 Å². The lowest BCUT2D eigenvalue weighted by Gasteiger charge is -2.35. The van der Waals surface area contributed by atoms with Crippen LogP contribution in [0.5, 0.6) is 0 Å². The fourth-order valence-corrected chi connectivity index (χ4v) is 3.78. The first kappa shape index (κ1) is 16.7. The Bertz CT molecular complexity index is 455. The average molecular weight is 369 g/mol. The first-order valence-corrected chi connectivity index (χ1v) is 7.99. The normalized spacial score (nSPS) is 25.0. The molecule has 8 heteroatoms. The van der Waals surface area contributed by atoms with Crippen LogP contribution in [0, 0.1) is 11.8 Å². The summed E-state index contributed by atoms with van der Waals surface area (Å²) in [4.78, 5) is 0. The molecule has 0 saturated heterocycles. The minimum Gasteiger partial charge on any atom is -0.309 e. The van der Waals surface area contributed by atoms with Gasteiger partial charge >= 0.3 is 6.18 Å².